The summed E-state index contributed by atoms with van der Waals surface area (Å²) in [6.07, 6.45) is 5.14. The van der Waals surface area contributed by atoms with Gasteiger partial charge in [-0.25, -0.2) is 4.68 Å². The molecule has 1 aromatic heterocycles. The quantitative estimate of drug-likeness (QED) is 0.447. The van der Waals surface area contributed by atoms with E-state index < -0.39 is 0 Å². The van der Waals surface area contributed by atoms with E-state index in [-0.39, 0.29) is 18.1 Å². The zero-order valence-electron chi connectivity index (χ0n) is 19.2. The van der Waals surface area contributed by atoms with E-state index in [0.717, 1.165) is 48.6 Å². The molecular formula is C26H32N4O2. The number of Topliss-reactive ketones (excluding diaryl/α,β-unsaturated/α-hetero) is 1. The Labute approximate surface area is 190 Å². The van der Waals surface area contributed by atoms with Crippen LogP contribution in [0.3, 0.4) is 0 Å². The maximum absolute atomic E-state index is 12.6. The van der Waals surface area contributed by atoms with Crippen molar-refractivity contribution < 1.29 is 9.59 Å². The first-order chi connectivity index (χ1) is 15.5. The summed E-state index contributed by atoms with van der Waals surface area (Å²) in [6.45, 7) is 9.19. The standard InChI is InChI=1S/C26H32N4O2/c1-4-29(5-2)15-9-14-25(31)22-11-8-12-23(17-22)30-19-21(18-27-30)16-26(32)28-24-13-7-6-10-20(24)3/h6-8,10-13,17-19H,4-5,9,14-16H2,1-3H3,(H,28,32). The third-order valence-electron chi connectivity index (χ3n) is 5.63. The second-order valence-electron chi connectivity index (χ2n) is 7.94. The van der Waals surface area contributed by atoms with Crippen molar-refractivity contribution in [3.63, 3.8) is 0 Å². The van der Waals surface area contributed by atoms with Gasteiger partial charge in [-0.05, 0) is 62.3 Å². The molecule has 0 spiro atoms. The van der Waals surface area contributed by atoms with Crippen LogP contribution >= 0.6 is 0 Å². The van der Waals surface area contributed by atoms with E-state index in [9.17, 15) is 9.59 Å². The van der Waals surface area contributed by atoms with E-state index in [1.165, 1.54) is 0 Å². The van der Waals surface area contributed by atoms with Crippen molar-refractivity contribution >= 4 is 17.4 Å². The van der Waals surface area contributed by atoms with Crippen LogP contribution in [0.15, 0.2) is 60.9 Å². The molecule has 0 aliphatic rings. The molecule has 2 aromatic carbocycles. The van der Waals surface area contributed by atoms with Gasteiger partial charge in [-0.1, -0.05) is 44.2 Å². The molecule has 3 aromatic rings. The molecule has 3 rings (SSSR count). The fourth-order valence-corrected chi connectivity index (χ4v) is 3.65. The van der Waals surface area contributed by atoms with Crippen LogP contribution in [0.25, 0.3) is 5.69 Å². The number of hydrogen-bond acceptors (Lipinski definition) is 4. The fourth-order valence-electron chi connectivity index (χ4n) is 3.65. The minimum atomic E-state index is -0.0871. The average Bonchev–Trinajstić information content (AvgIpc) is 3.26. The molecule has 6 heteroatoms. The average molecular weight is 433 g/mol. The highest BCUT2D eigenvalue weighted by atomic mass is 16.1. The minimum absolute atomic E-state index is 0.0871. The van der Waals surface area contributed by atoms with Gasteiger partial charge in [0, 0.05) is 23.9 Å². The maximum Gasteiger partial charge on any atom is 0.228 e. The van der Waals surface area contributed by atoms with Gasteiger partial charge in [-0.3, -0.25) is 9.59 Å². The van der Waals surface area contributed by atoms with E-state index in [2.05, 4.69) is 29.2 Å². The van der Waals surface area contributed by atoms with Gasteiger partial charge in [0.15, 0.2) is 5.78 Å². The minimum Gasteiger partial charge on any atom is -0.326 e. The lowest BCUT2D eigenvalue weighted by molar-refractivity contribution is -0.115. The Bertz CT molecular complexity index is 1050. The van der Waals surface area contributed by atoms with Gasteiger partial charge >= 0.3 is 0 Å². The Morgan fingerprint density at radius 3 is 2.59 bits per heavy atom. The summed E-state index contributed by atoms with van der Waals surface area (Å²) in [5, 5.41) is 7.33. The number of benzene rings is 2. The number of anilines is 1. The molecule has 0 aliphatic carbocycles. The largest absolute Gasteiger partial charge is 0.326 e. The van der Waals surface area contributed by atoms with Crippen LogP contribution in [0.4, 0.5) is 5.69 Å². The highest BCUT2D eigenvalue weighted by Crippen LogP contribution is 2.16. The Morgan fingerprint density at radius 1 is 1.06 bits per heavy atom. The molecule has 0 saturated heterocycles. The second kappa shape index (κ2) is 11.4. The van der Waals surface area contributed by atoms with Crippen molar-refractivity contribution in [3.8, 4) is 5.69 Å². The first-order valence-corrected chi connectivity index (χ1v) is 11.2. The van der Waals surface area contributed by atoms with Gasteiger partial charge in [0.25, 0.3) is 0 Å². The number of nitrogens with one attached hydrogen (secondary N) is 1. The third-order valence-corrected chi connectivity index (χ3v) is 5.63. The Morgan fingerprint density at radius 2 is 1.84 bits per heavy atom. The van der Waals surface area contributed by atoms with Crippen LogP contribution < -0.4 is 5.32 Å². The van der Waals surface area contributed by atoms with E-state index in [1.807, 2.05) is 61.7 Å². The van der Waals surface area contributed by atoms with Crippen molar-refractivity contribution in [1.82, 2.24) is 14.7 Å². The zero-order valence-corrected chi connectivity index (χ0v) is 19.2. The SMILES string of the molecule is CCN(CC)CCCC(=O)c1cccc(-n2cc(CC(=O)Nc3ccccc3C)cn2)c1. The predicted octanol–water partition coefficient (Wildman–Crippen LogP) is 4.67. The monoisotopic (exact) mass is 432 g/mol. The summed E-state index contributed by atoms with van der Waals surface area (Å²) in [5.74, 6) is 0.0555. The number of rotatable bonds is 11. The summed E-state index contributed by atoms with van der Waals surface area (Å²) in [7, 11) is 0. The number of nitrogens with zero attached hydrogens (tertiary/aromatic N) is 3. The number of carbonyl (C=O) groups is 2. The smallest absolute Gasteiger partial charge is 0.228 e. The Kier molecular flexibility index (Phi) is 8.34. The molecule has 0 saturated carbocycles. The zero-order chi connectivity index (χ0) is 22.9. The molecule has 32 heavy (non-hydrogen) atoms. The number of ketones is 1. The molecule has 1 heterocycles. The van der Waals surface area contributed by atoms with Crippen LogP contribution in [0, 0.1) is 6.92 Å². The van der Waals surface area contributed by atoms with Gasteiger partial charge in [0.2, 0.25) is 5.91 Å². The summed E-state index contributed by atoms with van der Waals surface area (Å²) < 4.78 is 1.71. The van der Waals surface area contributed by atoms with E-state index >= 15 is 0 Å². The van der Waals surface area contributed by atoms with Gasteiger partial charge in [-0.2, -0.15) is 5.10 Å². The predicted molar refractivity (Wildman–Crippen MR) is 128 cm³/mol. The van der Waals surface area contributed by atoms with Gasteiger partial charge < -0.3 is 10.2 Å². The van der Waals surface area contributed by atoms with Crippen molar-refractivity contribution in [1.29, 1.82) is 0 Å². The number of aryl methyl sites for hydroxylation is 1. The fraction of sp³-hybridized carbons (Fsp3) is 0.346. The molecule has 6 nitrogen and oxygen atoms in total. The molecule has 0 fully saturated rings. The molecule has 0 unspecified atom stereocenters. The van der Waals surface area contributed by atoms with Crippen molar-refractivity contribution in [2.75, 3.05) is 25.0 Å². The molecule has 1 N–H and O–H groups in total. The Hall–Kier alpha value is -3.25. The van der Waals surface area contributed by atoms with Crippen molar-refractivity contribution in [2.24, 2.45) is 0 Å². The Balaban J connectivity index is 1.60. The number of para-hydroxylation sites is 1. The molecule has 168 valence electrons. The lowest BCUT2D eigenvalue weighted by Crippen LogP contribution is -2.24. The van der Waals surface area contributed by atoms with Crippen LogP contribution in [0.1, 0.15) is 48.2 Å². The lowest BCUT2D eigenvalue weighted by Gasteiger charge is -2.17. The molecule has 0 radical (unpaired) electrons. The normalized spacial score (nSPS) is 11.0. The molecule has 0 aliphatic heterocycles. The second-order valence-corrected chi connectivity index (χ2v) is 7.94. The highest BCUT2D eigenvalue weighted by molar-refractivity contribution is 5.96. The van der Waals surface area contributed by atoms with E-state index in [0.29, 0.717) is 12.0 Å². The number of carbonyl (C=O) groups excluding carboxylic acids is 2. The first-order valence-electron chi connectivity index (χ1n) is 11.2. The summed E-state index contributed by atoms with van der Waals surface area (Å²) in [5.41, 5.74) is 4.15. The van der Waals surface area contributed by atoms with Crippen LogP contribution in [-0.4, -0.2) is 46.0 Å². The summed E-state index contributed by atoms with van der Waals surface area (Å²) in [4.78, 5) is 27.4. The van der Waals surface area contributed by atoms with Gasteiger partial charge in [0.1, 0.15) is 0 Å². The molecule has 0 atom stereocenters. The number of amides is 1. The van der Waals surface area contributed by atoms with Crippen molar-refractivity contribution in [3.05, 3.63) is 77.6 Å². The topological polar surface area (TPSA) is 67.2 Å². The number of hydrogen-bond donors (Lipinski definition) is 1. The maximum atomic E-state index is 12.6. The lowest BCUT2D eigenvalue weighted by atomic mass is 10.1. The molecule has 1 amide bonds. The van der Waals surface area contributed by atoms with Crippen LogP contribution in [-0.2, 0) is 11.2 Å². The van der Waals surface area contributed by atoms with Crippen molar-refractivity contribution in [2.45, 2.75) is 40.0 Å². The molecular weight excluding hydrogens is 400 g/mol. The van der Waals surface area contributed by atoms with Gasteiger partial charge in [0.05, 0.1) is 18.3 Å². The van der Waals surface area contributed by atoms with Gasteiger partial charge in [-0.15, -0.1) is 0 Å². The number of aromatic nitrogens is 2. The summed E-state index contributed by atoms with van der Waals surface area (Å²) >= 11 is 0. The summed E-state index contributed by atoms with van der Waals surface area (Å²) in [6, 6.07) is 15.2. The van der Waals surface area contributed by atoms with E-state index in [1.54, 1.807) is 10.9 Å². The van der Waals surface area contributed by atoms with Crippen LogP contribution in [0.5, 0.6) is 0 Å². The molecule has 0 bridgehead atoms. The van der Waals surface area contributed by atoms with Crippen LogP contribution in [0.2, 0.25) is 0 Å². The third kappa shape index (κ3) is 6.37. The van der Waals surface area contributed by atoms with E-state index in [4.69, 9.17) is 0 Å². The highest BCUT2D eigenvalue weighted by Gasteiger charge is 2.11. The first kappa shape index (κ1) is 23.4.